The van der Waals surface area contributed by atoms with E-state index in [2.05, 4.69) is 9.71 Å². The Morgan fingerprint density at radius 1 is 1.50 bits per heavy atom. The molecular weight excluding hydrogens is 300 g/mol. The van der Waals surface area contributed by atoms with Gasteiger partial charge in [0.25, 0.3) is 0 Å². The van der Waals surface area contributed by atoms with E-state index in [-0.39, 0.29) is 16.3 Å². The zero-order valence-electron chi connectivity index (χ0n) is 11.6. The number of carboxylic acids is 1. The molecule has 1 rings (SSSR count). The van der Waals surface area contributed by atoms with Crippen LogP contribution in [0.15, 0.2) is 12.3 Å². The number of aromatic nitrogens is 1. The molecule has 1 heterocycles. The summed E-state index contributed by atoms with van der Waals surface area (Å²) in [4.78, 5) is 14.9. The number of anilines is 1. The summed E-state index contributed by atoms with van der Waals surface area (Å²) in [6.07, 6.45) is 4.31. The molecular formula is C12H18N2O4S2. The lowest BCUT2D eigenvalue weighted by Crippen LogP contribution is -2.20. The molecule has 0 spiro atoms. The Hall–Kier alpha value is -1.41. The molecule has 0 unspecified atom stereocenters. The normalized spacial score (nSPS) is 12.8. The molecule has 0 saturated carbocycles. The highest BCUT2D eigenvalue weighted by molar-refractivity contribution is 7.92. The molecule has 20 heavy (non-hydrogen) atoms. The third-order valence-corrected chi connectivity index (χ3v) is 4.53. The molecule has 0 aliphatic carbocycles. The zero-order valence-corrected chi connectivity index (χ0v) is 13.2. The number of carboxylic acid groups (broad SMARTS) is 1. The largest absolute Gasteiger partial charge is 0.478 e. The highest BCUT2D eigenvalue weighted by Crippen LogP contribution is 2.23. The van der Waals surface area contributed by atoms with Gasteiger partial charge < -0.3 is 5.11 Å². The number of thiazole rings is 1. The molecule has 0 fully saturated rings. The van der Waals surface area contributed by atoms with Gasteiger partial charge in [0.1, 0.15) is 0 Å². The second kappa shape index (κ2) is 6.36. The van der Waals surface area contributed by atoms with Crippen LogP contribution in [0.1, 0.15) is 32.1 Å². The van der Waals surface area contributed by atoms with Gasteiger partial charge in [0.05, 0.1) is 5.75 Å². The summed E-state index contributed by atoms with van der Waals surface area (Å²) in [7, 11) is -3.43. The van der Waals surface area contributed by atoms with Crippen LogP contribution in [0.5, 0.6) is 0 Å². The fourth-order valence-corrected chi connectivity index (χ4v) is 3.61. The predicted octanol–water partition coefficient (Wildman–Crippen LogP) is 2.42. The summed E-state index contributed by atoms with van der Waals surface area (Å²) in [6, 6.07) is 0. The molecule has 6 nitrogen and oxygen atoms in total. The topological polar surface area (TPSA) is 96.4 Å². The molecule has 0 aromatic carbocycles. The maximum absolute atomic E-state index is 11.9. The lowest BCUT2D eigenvalue weighted by atomic mass is 9.94. The minimum atomic E-state index is -3.43. The highest BCUT2D eigenvalue weighted by Gasteiger charge is 2.18. The first-order chi connectivity index (χ1) is 9.07. The Balaban J connectivity index is 2.66. The number of hydrogen-bond acceptors (Lipinski definition) is 5. The number of aliphatic carboxylic acids is 1. The van der Waals surface area contributed by atoms with Crippen molar-refractivity contribution < 1.29 is 18.3 Å². The average molecular weight is 318 g/mol. The molecule has 2 N–H and O–H groups in total. The second-order valence-electron chi connectivity index (χ2n) is 5.47. The molecule has 0 bridgehead atoms. The van der Waals surface area contributed by atoms with Gasteiger partial charge in [-0.1, -0.05) is 32.1 Å². The van der Waals surface area contributed by atoms with Crippen LogP contribution in [0.3, 0.4) is 0 Å². The molecule has 0 aliphatic heterocycles. The molecule has 0 atom stereocenters. The van der Waals surface area contributed by atoms with E-state index in [0.717, 1.165) is 17.4 Å². The fourth-order valence-electron chi connectivity index (χ4n) is 1.19. The first-order valence-corrected chi connectivity index (χ1v) is 8.42. The molecule has 0 radical (unpaired) electrons. The van der Waals surface area contributed by atoms with Crippen molar-refractivity contribution >= 4 is 38.5 Å². The Kier molecular flexibility index (Phi) is 5.29. The first kappa shape index (κ1) is 16.6. The van der Waals surface area contributed by atoms with E-state index in [1.165, 1.54) is 12.3 Å². The summed E-state index contributed by atoms with van der Waals surface area (Å²) in [5, 5.41) is 8.74. The maximum Gasteiger partial charge on any atom is 0.328 e. The highest BCUT2D eigenvalue weighted by atomic mass is 32.2. The van der Waals surface area contributed by atoms with E-state index in [1.54, 1.807) is 0 Å². The van der Waals surface area contributed by atoms with Crippen molar-refractivity contribution in [3.63, 3.8) is 0 Å². The van der Waals surface area contributed by atoms with Crippen LogP contribution in [0.2, 0.25) is 0 Å². The van der Waals surface area contributed by atoms with Gasteiger partial charge in [0, 0.05) is 17.2 Å². The van der Waals surface area contributed by atoms with E-state index in [9.17, 15) is 13.2 Å². The van der Waals surface area contributed by atoms with E-state index < -0.39 is 16.0 Å². The molecule has 0 amide bonds. The van der Waals surface area contributed by atoms with Crippen LogP contribution >= 0.6 is 11.3 Å². The molecule has 0 saturated heterocycles. The van der Waals surface area contributed by atoms with Gasteiger partial charge in [-0.05, 0) is 17.9 Å². The van der Waals surface area contributed by atoms with Gasteiger partial charge in [-0.2, -0.15) is 0 Å². The third-order valence-electron chi connectivity index (χ3n) is 2.28. The predicted molar refractivity (Wildman–Crippen MR) is 80.3 cm³/mol. The van der Waals surface area contributed by atoms with Gasteiger partial charge >= 0.3 is 5.97 Å². The minimum absolute atomic E-state index is 0.0242. The van der Waals surface area contributed by atoms with E-state index in [0.29, 0.717) is 11.3 Å². The fraction of sp³-hybridized carbons (Fsp3) is 0.500. The van der Waals surface area contributed by atoms with Crippen LogP contribution in [0.4, 0.5) is 5.13 Å². The summed E-state index contributed by atoms with van der Waals surface area (Å²) >= 11 is 1.08. The molecule has 8 heteroatoms. The zero-order chi connectivity index (χ0) is 15.4. The minimum Gasteiger partial charge on any atom is -0.478 e. The average Bonchev–Trinajstić information content (AvgIpc) is 2.70. The van der Waals surface area contributed by atoms with Crippen molar-refractivity contribution in [3.05, 3.63) is 17.2 Å². The molecule has 0 aliphatic rings. The van der Waals surface area contributed by atoms with Gasteiger partial charge in [0.2, 0.25) is 10.0 Å². The van der Waals surface area contributed by atoms with Gasteiger partial charge in [-0.3, -0.25) is 4.72 Å². The Morgan fingerprint density at radius 2 is 2.15 bits per heavy atom. The van der Waals surface area contributed by atoms with Crippen molar-refractivity contribution in [1.29, 1.82) is 0 Å². The van der Waals surface area contributed by atoms with Crippen LogP contribution in [-0.4, -0.2) is 30.2 Å². The van der Waals surface area contributed by atoms with Crippen LogP contribution in [0, 0.1) is 5.41 Å². The number of nitrogens with one attached hydrogen (secondary N) is 1. The lowest BCUT2D eigenvalue weighted by molar-refractivity contribution is -0.131. The number of rotatable bonds is 6. The summed E-state index contributed by atoms with van der Waals surface area (Å²) in [6.45, 7) is 5.92. The lowest BCUT2D eigenvalue weighted by Gasteiger charge is -2.17. The summed E-state index contributed by atoms with van der Waals surface area (Å²) < 4.78 is 26.1. The first-order valence-electron chi connectivity index (χ1n) is 5.95. The molecule has 1 aromatic rings. The summed E-state index contributed by atoms with van der Waals surface area (Å²) in [5.74, 6) is -1.04. The van der Waals surface area contributed by atoms with E-state index in [4.69, 9.17) is 5.11 Å². The third kappa shape index (κ3) is 6.67. The van der Waals surface area contributed by atoms with Crippen molar-refractivity contribution in [2.75, 3.05) is 10.5 Å². The monoisotopic (exact) mass is 318 g/mol. The van der Waals surface area contributed by atoms with Gasteiger partial charge in [-0.15, -0.1) is 0 Å². The number of carbonyl (C=O) groups is 1. The van der Waals surface area contributed by atoms with Gasteiger partial charge in [0.15, 0.2) is 5.13 Å². The van der Waals surface area contributed by atoms with E-state index in [1.807, 2.05) is 20.8 Å². The smallest absolute Gasteiger partial charge is 0.328 e. The Labute approximate surface area is 122 Å². The SMILES string of the molecule is CC(C)(C)CCS(=O)(=O)Nc1ncc(/C=C/C(=O)O)s1. The van der Waals surface area contributed by atoms with Crippen LogP contribution in [-0.2, 0) is 14.8 Å². The van der Waals surface area contributed by atoms with Crippen LogP contribution in [0.25, 0.3) is 6.08 Å². The molecule has 112 valence electrons. The quantitative estimate of drug-likeness (QED) is 0.785. The Morgan fingerprint density at radius 3 is 2.70 bits per heavy atom. The van der Waals surface area contributed by atoms with Crippen molar-refractivity contribution in [3.8, 4) is 0 Å². The van der Waals surface area contributed by atoms with Crippen molar-refractivity contribution in [1.82, 2.24) is 4.98 Å². The van der Waals surface area contributed by atoms with Crippen molar-refractivity contribution in [2.45, 2.75) is 27.2 Å². The number of hydrogen-bond donors (Lipinski definition) is 2. The molecule has 1 aromatic heterocycles. The summed E-state index contributed by atoms with van der Waals surface area (Å²) in [5.41, 5.74) is -0.0625. The van der Waals surface area contributed by atoms with Crippen molar-refractivity contribution in [2.24, 2.45) is 5.41 Å². The van der Waals surface area contributed by atoms with Crippen LogP contribution < -0.4 is 4.72 Å². The Bertz CT molecular complexity index is 597. The second-order valence-corrected chi connectivity index (χ2v) is 8.38. The maximum atomic E-state index is 11.9. The van der Waals surface area contributed by atoms with E-state index >= 15 is 0 Å². The number of nitrogens with zero attached hydrogens (tertiary/aromatic N) is 1. The number of sulfonamides is 1. The van der Waals surface area contributed by atoms with Gasteiger partial charge in [-0.25, -0.2) is 18.2 Å². The standard InChI is InChI=1S/C12H18N2O4S2/c1-12(2,3)6-7-20(17,18)14-11-13-8-9(19-11)4-5-10(15)16/h4-5,8H,6-7H2,1-3H3,(H,13,14)(H,15,16)/b5-4+.